The van der Waals surface area contributed by atoms with E-state index in [4.69, 9.17) is 11.0 Å². The fourth-order valence-corrected chi connectivity index (χ4v) is 2.37. The van der Waals surface area contributed by atoms with E-state index in [9.17, 15) is 4.79 Å². The minimum atomic E-state index is -0.271. The lowest BCUT2D eigenvalue weighted by atomic mass is 10.2. The van der Waals surface area contributed by atoms with Crippen LogP contribution < -0.4 is 5.73 Å². The maximum Gasteiger partial charge on any atom is 0.191 e. The Balaban J connectivity index is 2.00. The molecular weight excluding hydrogens is 250 g/mol. The number of aromatic nitrogens is 3. The molecule has 0 atom stereocenters. The zero-order chi connectivity index (χ0) is 13.1. The number of nitrogens with zero attached hydrogens (tertiary/aromatic N) is 4. The molecule has 1 aromatic heterocycles. The van der Waals surface area contributed by atoms with Crippen molar-refractivity contribution in [1.82, 2.24) is 14.8 Å². The molecule has 2 N–H and O–H groups in total. The van der Waals surface area contributed by atoms with Gasteiger partial charge in [-0.05, 0) is 19.8 Å². The molecule has 0 radical (unpaired) electrons. The lowest BCUT2D eigenvalue weighted by Crippen LogP contribution is -2.10. The maximum atomic E-state index is 11.8. The fraction of sp³-hybridized carbons (Fsp3) is 0.455. The van der Waals surface area contributed by atoms with Crippen molar-refractivity contribution in [3.05, 3.63) is 17.6 Å². The molecule has 1 heterocycles. The molecule has 0 aliphatic heterocycles. The van der Waals surface area contributed by atoms with Gasteiger partial charge in [0.05, 0.1) is 5.75 Å². The lowest BCUT2D eigenvalue weighted by molar-refractivity contribution is -0.112. The minimum absolute atomic E-state index is 0.0278. The first kappa shape index (κ1) is 12.6. The van der Waals surface area contributed by atoms with Crippen LogP contribution >= 0.6 is 11.8 Å². The van der Waals surface area contributed by atoms with Crippen LogP contribution in [0.25, 0.3) is 0 Å². The molecule has 1 aliphatic carbocycles. The number of thioether (sulfide) groups is 1. The molecule has 1 aromatic rings. The summed E-state index contributed by atoms with van der Waals surface area (Å²) in [5, 5.41) is 17.4. The van der Waals surface area contributed by atoms with Crippen LogP contribution in [0.3, 0.4) is 0 Å². The van der Waals surface area contributed by atoms with Gasteiger partial charge in [-0.3, -0.25) is 4.79 Å². The van der Waals surface area contributed by atoms with Crippen molar-refractivity contribution in [2.75, 3.05) is 5.75 Å². The van der Waals surface area contributed by atoms with E-state index in [0.717, 1.165) is 18.0 Å². The van der Waals surface area contributed by atoms with Crippen LogP contribution in [0, 0.1) is 11.3 Å². The van der Waals surface area contributed by atoms with Crippen LogP contribution in [0.4, 0.5) is 0 Å². The Morgan fingerprint density at radius 1 is 1.72 bits per heavy atom. The van der Waals surface area contributed by atoms with Crippen molar-refractivity contribution in [1.29, 1.82) is 5.26 Å². The molecule has 0 saturated heterocycles. The zero-order valence-corrected chi connectivity index (χ0v) is 10.8. The highest BCUT2D eigenvalue weighted by Gasteiger charge is 2.26. The van der Waals surface area contributed by atoms with Gasteiger partial charge in [0, 0.05) is 11.7 Å². The van der Waals surface area contributed by atoms with Gasteiger partial charge in [0.1, 0.15) is 18.0 Å². The molecule has 1 saturated carbocycles. The molecule has 2 rings (SSSR count). The summed E-state index contributed by atoms with van der Waals surface area (Å²) in [6.45, 7) is 1.55. The summed E-state index contributed by atoms with van der Waals surface area (Å²) in [6.07, 6.45) is 3.94. The highest BCUT2D eigenvalue weighted by molar-refractivity contribution is 7.99. The Bertz CT molecular complexity index is 534. The summed E-state index contributed by atoms with van der Waals surface area (Å²) in [5.41, 5.74) is 5.76. The number of hydrogen-bond acceptors (Lipinski definition) is 6. The third-order valence-corrected chi connectivity index (χ3v) is 3.56. The van der Waals surface area contributed by atoms with Gasteiger partial charge in [0.25, 0.3) is 0 Å². The monoisotopic (exact) mass is 263 g/mol. The topological polar surface area (TPSA) is 97.6 Å². The van der Waals surface area contributed by atoms with Gasteiger partial charge in [-0.1, -0.05) is 11.8 Å². The van der Waals surface area contributed by atoms with Crippen molar-refractivity contribution < 1.29 is 4.79 Å². The van der Waals surface area contributed by atoms with E-state index >= 15 is 0 Å². The number of nitrogens with two attached hydrogens (primary N) is 1. The Morgan fingerprint density at radius 3 is 3.00 bits per heavy atom. The van der Waals surface area contributed by atoms with Crippen molar-refractivity contribution in [2.45, 2.75) is 31.0 Å². The Hall–Kier alpha value is -1.81. The Morgan fingerprint density at radius 2 is 2.44 bits per heavy atom. The fourth-order valence-electron chi connectivity index (χ4n) is 1.51. The van der Waals surface area contributed by atoms with Crippen LogP contribution in [0.2, 0.25) is 0 Å². The largest absolute Gasteiger partial charge is 0.401 e. The summed E-state index contributed by atoms with van der Waals surface area (Å²) >= 11 is 1.29. The normalized spacial score (nSPS) is 16.0. The Kier molecular flexibility index (Phi) is 3.67. The maximum absolute atomic E-state index is 11.8. The van der Waals surface area contributed by atoms with Gasteiger partial charge in [0.2, 0.25) is 0 Å². The molecule has 0 spiro atoms. The number of carbonyl (C=O) groups excluding carboxylic acids is 1. The molecule has 94 valence electrons. The third kappa shape index (κ3) is 2.71. The molecule has 0 unspecified atom stereocenters. The van der Waals surface area contributed by atoms with Crippen molar-refractivity contribution in [2.24, 2.45) is 5.73 Å². The summed E-state index contributed by atoms with van der Waals surface area (Å²) in [5.74, 6) is -0.115. The summed E-state index contributed by atoms with van der Waals surface area (Å²) in [4.78, 5) is 11.8. The highest BCUT2D eigenvalue weighted by atomic mass is 32.2. The van der Waals surface area contributed by atoms with Crippen molar-refractivity contribution in [3.8, 4) is 6.07 Å². The van der Waals surface area contributed by atoms with E-state index in [1.807, 2.05) is 10.6 Å². The van der Waals surface area contributed by atoms with E-state index in [2.05, 4.69) is 10.2 Å². The zero-order valence-electron chi connectivity index (χ0n) is 9.96. The molecule has 0 amide bonds. The van der Waals surface area contributed by atoms with Crippen LogP contribution in [-0.4, -0.2) is 26.3 Å². The quantitative estimate of drug-likeness (QED) is 0.484. The number of nitriles is 1. The van der Waals surface area contributed by atoms with Crippen LogP contribution in [0.5, 0.6) is 0 Å². The van der Waals surface area contributed by atoms with Crippen LogP contribution in [0.1, 0.15) is 25.8 Å². The predicted octanol–water partition coefficient (Wildman–Crippen LogP) is 1.03. The average molecular weight is 263 g/mol. The number of hydrogen-bond donors (Lipinski definition) is 1. The van der Waals surface area contributed by atoms with Gasteiger partial charge >= 0.3 is 0 Å². The minimum Gasteiger partial charge on any atom is -0.401 e. The second-order valence-corrected chi connectivity index (χ2v) is 5.08. The second-order valence-electron chi connectivity index (χ2n) is 4.13. The second kappa shape index (κ2) is 5.23. The first-order valence-electron chi connectivity index (χ1n) is 5.55. The molecule has 0 aromatic carbocycles. The van der Waals surface area contributed by atoms with Gasteiger partial charge in [0.15, 0.2) is 10.9 Å². The number of rotatable bonds is 5. The van der Waals surface area contributed by atoms with E-state index < -0.39 is 0 Å². The first-order valence-corrected chi connectivity index (χ1v) is 6.54. The predicted molar refractivity (Wildman–Crippen MR) is 66.5 cm³/mol. The van der Waals surface area contributed by atoms with E-state index in [1.165, 1.54) is 11.8 Å². The summed E-state index contributed by atoms with van der Waals surface area (Å²) < 4.78 is 1.98. The third-order valence-electron chi connectivity index (χ3n) is 2.60. The van der Waals surface area contributed by atoms with Gasteiger partial charge < -0.3 is 10.3 Å². The van der Waals surface area contributed by atoms with Gasteiger partial charge in [-0.2, -0.15) is 5.26 Å². The van der Waals surface area contributed by atoms with Crippen molar-refractivity contribution >= 4 is 17.5 Å². The summed E-state index contributed by atoms with van der Waals surface area (Å²) in [7, 11) is 0. The molecule has 6 nitrogen and oxygen atoms in total. The van der Waals surface area contributed by atoms with Gasteiger partial charge in [-0.25, -0.2) is 0 Å². The molecule has 18 heavy (non-hydrogen) atoms. The van der Waals surface area contributed by atoms with E-state index in [-0.39, 0.29) is 22.8 Å². The molecule has 7 heteroatoms. The molecule has 1 aliphatic rings. The van der Waals surface area contributed by atoms with Crippen LogP contribution in [-0.2, 0) is 4.79 Å². The van der Waals surface area contributed by atoms with E-state index in [0.29, 0.717) is 6.04 Å². The number of allylic oxidation sites excluding steroid dienone is 2. The number of ketones is 1. The highest BCUT2D eigenvalue weighted by Crippen LogP contribution is 2.37. The summed E-state index contributed by atoms with van der Waals surface area (Å²) in [6, 6.07) is 2.30. The van der Waals surface area contributed by atoms with Crippen LogP contribution in [0.15, 0.2) is 22.8 Å². The number of carbonyl (C=O) groups is 1. The number of Topliss-reactive ketones (excluding diaryl/α,β-unsaturated/α-hetero) is 1. The van der Waals surface area contributed by atoms with Crippen molar-refractivity contribution in [3.63, 3.8) is 0 Å². The molecular formula is C11H13N5OS. The lowest BCUT2D eigenvalue weighted by Gasteiger charge is -2.03. The molecule has 1 fully saturated rings. The molecule has 0 bridgehead atoms. The average Bonchev–Trinajstić information content (AvgIpc) is 3.06. The Labute approximate surface area is 109 Å². The smallest absolute Gasteiger partial charge is 0.191 e. The SMILES string of the molecule is C/C(N)=C(/C#N)C(=O)CSc1nncn1C1CC1. The van der Waals surface area contributed by atoms with Gasteiger partial charge in [-0.15, -0.1) is 10.2 Å². The standard InChI is InChI=1S/C11H13N5OS/c1-7(13)9(4-12)10(17)5-18-11-15-14-6-16(11)8-2-3-8/h6,8H,2-3,5,13H2,1H3/b9-7+. The first-order chi connectivity index (χ1) is 8.63. The van der Waals surface area contributed by atoms with E-state index in [1.54, 1.807) is 13.3 Å².